The number of rotatable bonds is 10. The Morgan fingerprint density at radius 1 is 0.595 bits per heavy atom. The fourth-order valence-corrected chi connectivity index (χ4v) is 4.94. The van der Waals surface area contributed by atoms with Crippen LogP contribution in [0.1, 0.15) is 16.8 Å². The number of aromatic nitrogens is 1. The molecule has 1 aromatic heterocycles. The average molecular weight is 554 g/mol. The lowest BCUT2D eigenvalue weighted by Crippen LogP contribution is -2.01. The Hall–Kier alpha value is -5.29. The first-order valence-corrected chi connectivity index (χ1v) is 13.9. The van der Waals surface area contributed by atoms with E-state index in [0.717, 1.165) is 56.1 Å². The molecule has 5 nitrogen and oxygen atoms in total. The molecule has 6 aromatic rings. The standard InChI is InChI=1S/C37H31NO4/c1-26-36(30-18-20-31(39-2)21-19-30)37(42-38-26)33-22-32(29-16-10-5-11-17-29)34(40-24-27-12-6-3-7-13-27)23-35(33)41-25-28-14-8-4-9-15-28/h3-23H,24-25H2,1-2H3. The Labute approximate surface area is 245 Å². The molecule has 0 N–H and O–H groups in total. The number of hydrogen-bond acceptors (Lipinski definition) is 5. The van der Waals surface area contributed by atoms with Gasteiger partial charge in [-0.2, -0.15) is 0 Å². The molecule has 0 saturated heterocycles. The minimum atomic E-state index is 0.391. The molecule has 0 atom stereocenters. The Bertz CT molecular complexity index is 1750. The van der Waals surface area contributed by atoms with E-state index < -0.39 is 0 Å². The van der Waals surface area contributed by atoms with E-state index in [4.69, 9.17) is 18.7 Å². The first-order chi connectivity index (χ1) is 20.7. The van der Waals surface area contributed by atoms with Crippen molar-refractivity contribution < 1.29 is 18.7 Å². The molecule has 0 bridgehead atoms. The Morgan fingerprint density at radius 3 is 1.71 bits per heavy atom. The van der Waals surface area contributed by atoms with E-state index in [0.29, 0.717) is 24.7 Å². The van der Waals surface area contributed by atoms with E-state index in [9.17, 15) is 0 Å². The smallest absolute Gasteiger partial charge is 0.178 e. The molecule has 0 saturated carbocycles. The molecular weight excluding hydrogens is 522 g/mol. The Kier molecular flexibility index (Phi) is 8.00. The normalized spacial score (nSPS) is 10.8. The molecule has 0 unspecified atom stereocenters. The van der Waals surface area contributed by atoms with Crippen molar-refractivity contribution >= 4 is 0 Å². The van der Waals surface area contributed by atoms with E-state index in [2.05, 4.69) is 35.5 Å². The van der Waals surface area contributed by atoms with Crippen LogP contribution >= 0.6 is 0 Å². The van der Waals surface area contributed by atoms with E-state index in [1.807, 2.05) is 104 Å². The second kappa shape index (κ2) is 12.5. The summed E-state index contributed by atoms with van der Waals surface area (Å²) in [5.41, 5.74) is 7.56. The van der Waals surface area contributed by atoms with Gasteiger partial charge in [-0.25, -0.2) is 0 Å². The topological polar surface area (TPSA) is 53.7 Å². The SMILES string of the molecule is COc1ccc(-c2c(C)noc2-c2cc(-c3ccccc3)c(OCc3ccccc3)cc2OCc2ccccc2)cc1. The second-order valence-corrected chi connectivity index (χ2v) is 9.96. The van der Waals surface area contributed by atoms with Gasteiger partial charge in [-0.05, 0) is 47.4 Å². The van der Waals surface area contributed by atoms with Crippen LogP contribution in [0.25, 0.3) is 33.6 Å². The number of benzene rings is 5. The Morgan fingerprint density at radius 2 is 1.14 bits per heavy atom. The van der Waals surface area contributed by atoms with Gasteiger partial charge in [0, 0.05) is 11.6 Å². The van der Waals surface area contributed by atoms with Gasteiger partial charge in [0.05, 0.1) is 23.9 Å². The summed E-state index contributed by atoms with van der Waals surface area (Å²) >= 11 is 0. The molecule has 0 aliphatic rings. The number of aryl methyl sites for hydroxylation is 1. The highest BCUT2D eigenvalue weighted by atomic mass is 16.5. The van der Waals surface area contributed by atoms with Crippen LogP contribution < -0.4 is 14.2 Å². The van der Waals surface area contributed by atoms with Crippen molar-refractivity contribution in [3.8, 4) is 50.8 Å². The zero-order chi connectivity index (χ0) is 28.7. The fraction of sp³-hybridized carbons (Fsp3) is 0.108. The van der Waals surface area contributed by atoms with E-state index >= 15 is 0 Å². The average Bonchev–Trinajstić information content (AvgIpc) is 3.44. The fourth-order valence-electron chi connectivity index (χ4n) is 4.94. The summed E-state index contributed by atoms with van der Waals surface area (Å²) in [6.07, 6.45) is 0. The summed E-state index contributed by atoms with van der Waals surface area (Å²) in [7, 11) is 1.66. The monoisotopic (exact) mass is 553 g/mol. The zero-order valence-corrected chi connectivity index (χ0v) is 23.6. The van der Waals surface area contributed by atoms with E-state index in [-0.39, 0.29) is 0 Å². The quantitative estimate of drug-likeness (QED) is 0.169. The van der Waals surface area contributed by atoms with Crippen molar-refractivity contribution in [3.05, 3.63) is 144 Å². The third-order valence-corrected chi connectivity index (χ3v) is 7.13. The lowest BCUT2D eigenvalue weighted by molar-refractivity contribution is 0.291. The molecule has 0 radical (unpaired) electrons. The highest BCUT2D eigenvalue weighted by Gasteiger charge is 2.24. The number of methoxy groups -OCH3 is 1. The van der Waals surface area contributed by atoms with Crippen molar-refractivity contribution in [2.24, 2.45) is 0 Å². The summed E-state index contributed by atoms with van der Waals surface area (Å²) in [5, 5.41) is 4.38. The Balaban J connectivity index is 1.49. The lowest BCUT2D eigenvalue weighted by atomic mass is 9.95. The third-order valence-electron chi connectivity index (χ3n) is 7.13. The van der Waals surface area contributed by atoms with Crippen molar-refractivity contribution in [1.29, 1.82) is 0 Å². The molecule has 0 amide bonds. The summed E-state index contributed by atoms with van der Waals surface area (Å²) < 4.78 is 24.4. The molecule has 1 heterocycles. The van der Waals surface area contributed by atoms with Crippen LogP contribution in [0.3, 0.4) is 0 Å². The molecule has 42 heavy (non-hydrogen) atoms. The van der Waals surface area contributed by atoms with Crippen LogP contribution in [-0.2, 0) is 13.2 Å². The van der Waals surface area contributed by atoms with Crippen LogP contribution in [-0.4, -0.2) is 12.3 Å². The minimum Gasteiger partial charge on any atom is -0.497 e. The predicted molar refractivity (Wildman–Crippen MR) is 166 cm³/mol. The minimum absolute atomic E-state index is 0.391. The van der Waals surface area contributed by atoms with Crippen molar-refractivity contribution in [2.45, 2.75) is 20.1 Å². The first-order valence-electron chi connectivity index (χ1n) is 13.9. The molecule has 5 heteroatoms. The molecule has 0 spiro atoms. The van der Waals surface area contributed by atoms with Gasteiger partial charge in [0.15, 0.2) is 5.76 Å². The molecule has 0 fully saturated rings. The van der Waals surface area contributed by atoms with Crippen LogP contribution in [0.2, 0.25) is 0 Å². The number of hydrogen-bond donors (Lipinski definition) is 0. The largest absolute Gasteiger partial charge is 0.497 e. The van der Waals surface area contributed by atoms with Crippen molar-refractivity contribution in [1.82, 2.24) is 5.16 Å². The van der Waals surface area contributed by atoms with Crippen molar-refractivity contribution in [2.75, 3.05) is 7.11 Å². The predicted octanol–water partition coefficient (Wildman–Crippen LogP) is 9.15. The molecule has 6 rings (SSSR count). The molecule has 0 aliphatic carbocycles. The van der Waals surface area contributed by atoms with Gasteiger partial charge >= 0.3 is 0 Å². The maximum atomic E-state index is 6.51. The van der Waals surface area contributed by atoms with Crippen LogP contribution in [0.5, 0.6) is 17.2 Å². The molecule has 0 aliphatic heterocycles. The van der Waals surface area contributed by atoms with Gasteiger partial charge < -0.3 is 18.7 Å². The zero-order valence-electron chi connectivity index (χ0n) is 23.6. The van der Waals surface area contributed by atoms with Gasteiger partial charge in [-0.3, -0.25) is 0 Å². The first kappa shape index (κ1) is 26.9. The van der Waals surface area contributed by atoms with Crippen LogP contribution in [0, 0.1) is 6.92 Å². The summed E-state index contributed by atoms with van der Waals surface area (Å²) in [4.78, 5) is 0. The molecule has 5 aromatic carbocycles. The summed E-state index contributed by atoms with van der Waals surface area (Å²) in [6.45, 7) is 2.77. The third kappa shape index (κ3) is 5.91. The van der Waals surface area contributed by atoms with E-state index in [1.54, 1.807) is 7.11 Å². The second-order valence-electron chi connectivity index (χ2n) is 9.96. The summed E-state index contributed by atoms with van der Waals surface area (Å²) in [6, 6.07) is 42.4. The molecular formula is C37H31NO4. The highest BCUT2D eigenvalue weighted by molar-refractivity contribution is 5.88. The van der Waals surface area contributed by atoms with Crippen molar-refractivity contribution in [3.63, 3.8) is 0 Å². The lowest BCUT2D eigenvalue weighted by Gasteiger charge is -2.18. The van der Waals surface area contributed by atoms with Gasteiger partial charge in [0.1, 0.15) is 30.5 Å². The van der Waals surface area contributed by atoms with E-state index in [1.165, 1.54) is 0 Å². The highest BCUT2D eigenvalue weighted by Crippen LogP contribution is 2.45. The van der Waals surface area contributed by atoms with Gasteiger partial charge in [-0.1, -0.05) is 108 Å². The van der Waals surface area contributed by atoms with Gasteiger partial charge in [-0.15, -0.1) is 0 Å². The van der Waals surface area contributed by atoms with Gasteiger partial charge in [0.25, 0.3) is 0 Å². The maximum Gasteiger partial charge on any atom is 0.178 e. The van der Waals surface area contributed by atoms with Crippen LogP contribution in [0.4, 0.5) is 0 Å². The number of nitrogens with zero attached hydrogens (tertiary/aromatic N) is 1. The number of ether oxygens (including phenoxy) is 3. The molecule has 208 valence electrons. The maximum absolute atomic E-state index is 6.51. The van der Waals surface area contributed by atoms with Gasteiger partial charge in [0.2, 0.25) is 0 Å². The van der Waals surface area contributed by atoms with Crippen LogP contribution in [0.15, 0.2) is 132 Å². The summed E-state index contributed by atoms with van der Waals surface area (Å²) in [5.74, 6) is 2.78.